The topological polar surface area (TPSA) is 85.8 Å². The molecule has 0 aliphatic carbocycles. The lowest BCUT2D eigenvalue weighted by atomic mass is 10.2. The standard InChI is InChI=1S/C18H21N5O2S/c1-11(2)23-15(9-10-19-23)17-21-22-18(25-17)20-16(24)13-5-7-14(8-6-13)26-12(3)4/h5-12H,1-4H3,(H,20,22,24). The summed E-state index contributed by atoms with van der Waals surface area (Å²) in [7, 11) is 0. The lowest BCUT2D eigenvalue weighted by Gasteiger charge is -2.07. The van der Waals surface area contributed by atoms with Crippen LogP contribution in [0.4, 0.5) is 6.01 Å². The Bertz CT molecular complexity index is 883. The van der Waals surface area contributed by atoms with Crippen LogP contribution in [0.2, 0.25) is 0 Å². The second-order valence-corrected chi connectivity index (χ2v) is 7.96. The summed E-state index contributed by atoms with van der Waals surface area (Å²) in [5, 5.41) is 15.3. The highest BCUT2D eigenvalue weighted by molar-refractivity contribution is 7.99. The van der Waals surface area contributed by atoms with Crippen LogP contribution >= 0.6 is 11.8 Å². The maximum atomic E-state index is 12.4. The van der Waals surface area contributed by atoms with Gasteiger partial charge in [-0.3, -0.25) is 14.8 Å². The number of amides is 1. The van der Waals surface area contributed by atoms with E-state index in [0.717, 1.165) is 4.90 Å². The Morgan fingerprint density at radius 2 is 1.85 bits per heavy atom. The third-order valence-electron chi connectivity index (χ3n) is 3.51. The molecule has 2 aromatic heterocycles. The van der Waals surface area contributed by atoms with Crippen LogP contribution in [0.3, 0.4) is 0 Å². The molecule has 26 heavy (non-hydrogen) atoms. The van der Waals surface area contributed by atoms with E-state index in [1.165, 1.54) is 0 Å². The average molecular weight is 371 g/mol. The molecule has 3 aromatic rings. The van der Waals surface area contributed by atoms with Crippen LogP contribution in [0.1, 0.15) is 44.1 Å². The Morgan fingerprint density at radius 3 is 2.50 bits per heavy atom. The molecule has 0 saturated carbocycles. The van der Waals surface area contributed by atoms with Gasteiger partial charge in [0.15, 0.2) is 0 Å². The molecule has 1 N–H and O–H groups in total. The maximum Gasteiger partial charge on any atom is 0.322 e. The van der Waals surface area contributed by atoms with Crippen molar-refractivity contribution in [3.8, 4) is 11.6 Å². The smallest absolute Gasteiger partial charge is 0.322 e. The van der Waals surface area contributed by atoms with Crippen molar-refractivity contribution in [3.63, 3.8) is 0 Å². The van der Waals surface area contributed by atoms with E-state index < -0.39 is 0 Å². The van der Waals surface area contributed by atoms with Gasteiger partial charge in [-0.2, -0.15) is 5.10 Å². The van der Waals surface area contributed by atoms with Gasteiger partial charge < -0.3 is 4.42 Å². The van der Waals surface area contributed by atoms with E-state index in [-0.39, 0.29) is 18.0 Å². The van der Waals surface area contributed by atoms with Crippen LogP contribution in [-0.2, 0) is 0 Å². The SMILES string of the molecule is CC(C)Sc1ccc(C(=O)Nc2nnc(-c3ccnn3C(C)C)o2)cc1. The summed E-state index contributed by atoms with van der Waals surface area (Å²) in [6.07, 6.45) is 1.68. The van der Waals surface area contributed by atoms with Crippen LogP contribution in [0.25, 0.3) is 11.6 Å². The predicted octanol–water partition coefficient (Wildman–Crippen LogP) is 4.27. The van der Waals surface area contributed by atoms with E-state index in [9.17, 15) is 4.79 Å². The van der Waals surface area contributed by atoms with Crippen molar-refractivity contribution in [3.05, 3.63) is 42.1 Å². The maximum absolute atomic E-state index is 12.4. The highest BCUT2D eigenvalue weighted by Crippen LogP contribution is 2.24. The summed E-state index contributed by atoms with van der Waals surface area (Å²) in [4.78, 5) is 13.5. The van der Waals surface area contributed by atoms with Crippen LogP contribution < -0.4 is 5.32 Å². The highest BCUT2D eigenvalue weighted by atomic mass is 32.2. The normalized spacial score (nSPS) is 11.3. The number of thioether (sulfide) groups is 1. The van der Waals surface area contributed by atoms with E-state index in [1.807, 2.05) is 26.0 Å². The fourth-order valence-electron chi connectivity index (χ4n) is 2.40. The number of aromatic nitrogens is 4. The molecule has 0 unspecified atom stereocenters. The Kier molecular flexibility index (Phi) is 5.41. The van der Waals surface area contributed by atoms with Crippen molar-refractivity contribution in [2.75, 3.05) is 5.32 Å². The quantitative estimate of drug-likeness (QED) is 0.651. The van der Waals surface area contributed by atoms with Gasteiger partial charge in [0, 0.05) is 27.9 Å². The lowest BCUT2D eigenvalue weighted by Crippen LogP contribution is -2.12. The molecule has 0 fully saturated rings. The zero-order valence-electron chi connectivity index (χ0n) is 15.1. The molecule has 0 bridgehead atoms. The van der Waals surface area contributed by atoms with E-state index >= 15 is 0 Å². The number of nitrogens with zero attached hydrogens (tertiary/aromatic N) is 4. The molecule has 2 heterocycles. The van der Waals surface area contributed by atoms with Crippen molar-refractivity contribution in [1.82, 2.24) is 20.0 Å². The Hall–Kier alpha value is -2.61. The zero-order chi connectivity index (χ0) is 18.7. The van der Waals surface area contributed by atoms with Crippen molar-refractivity contribution < 1.29 is 9.21 Å². The van der Waals surface area contributed by atoms with Gasteiger partial charge >= 0.3 is 6.01 Å². The van der Waals surface area contributed by atoms with Gasteiger partial charge in [0.25, 0.3) is 11.8 Å². The first-order valence-electron chi connectivity index (χ1n) is 8.39. The number of benzene rings is 1. The third-order valence-corrected chi connectivity index (χ3v) is 4.53. The predicted molar refractivity (Wildman–Crippen MR) is 101 cm³/mol. The first kappa shape index (κ1) is 18.2. The largest absolute Gasteiger partial charge is 0.401 e. The van der Waals surface area contributed by atoms with Gasteiger partial charge in [0.2, 0.25) is 0 Å². The van der Waals surface area contributed by atoms with Gasteiger partial charge in [0.05, 0.1) is 0 Å². The Labute approximate surface area is 156 Å². The Balaban J connectivity index is 1.70. The van der Waals surface area contributed by atoms with Crippen LogP contribution in [0.5, 0.6) is 0 Å². The molecule has 0 atom stereocenters. The molecule has 0 spiro atoms. The molecule has 1 aromatic carbocycles. The van der Waals surface area contributed by atoms with E-state index in [1.54, 1.807) is 40.8 Å². The minimum Gasteiger partial charge on any atom is -0.401 e. The fourth-order valence-corrected chi connectivity index (χ4v) is 3.24. The lowest BCUT2D eigenvalue weighted by molar-refractivity contribution is 0.102. The molecule has 0 aliphatic rings. The number of nitrogens with one attached hydrogen (secondary N) is 1. The van der Waals surface area contributed by atoms with Gasteiger partial charge in [-0.25, -0.2) is 0 Å². The molecular formula is C18H21N5O2S. The van der Waals surface area contributed by atoms with Crippen molar-refractivity contribution in [1.29, 1.82) is 0 Å². The molecule has 3 rings (SSSR count). The summed E-state index contributed by atoms with van der Waals surface area (Å²) < 4.78 is 7.35. The molecule has 0 radical (unpaired) electrons. The number of hydrogen-bond donors (Lipinski definition) is 1. The highest BCUT2D eigenvalue weighted by Gasteiger charge is 2.17. The average Bonchev–Trinajstić information content (AvgIpc) is 3.23. The minimum absolute atomic E-state index is 0.0575. The van der Waals surface area contributed by atoms with Crippen molar-refractivity contribution in [2.24, 2.45) is 0 Å². The number of hydrogen-bond acceptors (Lipinski definition) is 6. The molecule has 0 aliphatic heterocycles. The minimum atomic E-state index is -0.293. The first-order valence-corrected chi connectivity index (χ1v) is 9.27. The van der Waals surface area contributed by atoms with Gasteiger partial charge in [-0.05, 0) is 44.2 Å². The van der Waals surface area contributed by atoms with Crippen LogP contribution in [0.15, 0.2) is 45.8 Å². The second kappa shape index (κ2) is 7.74. The number of carbonyl (C=O) groups is 1. The van der Waals surface area contributed by atoms with E-state index in [4.69, 9.17) is 4.42 Å². The van der Waals surface area contributed by atoms with Crippen LogP contribution in [-0.4, -0.2) is 31.1 Å². The molecule has 136 valence electrons. The first-order chi connectivity index (χ1) is 12.4. The second-order valence-electron chi connectivity index (χ2n) is 6.31. The summed E-state index contributed by atoms with van der Waals surface area (Å²) >= 11 is 1.75. The summed E-state index contributed by atoms with van der Waals surface area (Å²) in [5.41, 5.74) is 1.24. The summed E-state index contributed by atoms with van der Waals surface area (Å²) in [6.45, 7) is 8.28. The molecular weight excluding hydrogens is 350 g/mol. The summed E-state index contributed by atoms with van der Waals surface area (Å²) in [5.74, 6) is 0.0221. The molecule has 7 nitrogen and oxygen atoms in total. The molecule has 1 amide bonds. The van der Waals surface area contributed by atoms with E-state index in [0.29, 0.717) is 22.4 Å². The van der Waals surface area contributed by atoms with Crippen molar-refractivity contribution in [2.45, 2.75) is 43.9 Å². The van der Waals surface area contributed by atoms with Crippen molar-refractivity contribution >= 4 is 23.7 Å². The van der Waals surface area contributed by atoms with Gasteiger partial charge in [0.1, 0.15) is 5.69 Å². The number of carbonyl (C=O) groups excluding carboxylic acids is 1. The molecule has 8 heteroatoms. The number of anilines is 1. The zero-order valence-corrected chi connectivity index (χ0v) is 15.9. The Morgan fingerprint density at radius 1 is 1.12 bits per heavy atom. The van der Waals surface area contributed by atoms with Gasteiger partial charge in [-0.15, -0.1) is 16.9 Å². The third kappa shape index (κ3) is 4.13. The van der Waals surface area contributed by atoms with Gasteiger partial charge in [-0.1, -0.05) is 18.9 Å². The monoisotopic (exact) mass is 371 g/mol. The fraction of sp³-hybridized carbons (Fsp3) is 0.333. The summed E-state index contributed by atoms with van der Waals surface area (Å²) in [6, 6.07) is 9.44. The number of rotatable bonds is 6. The molecule has 0 saturated heterocycles. The van der Waals surface area contributed by atoms with E-state index in [2.05, 4.69) is 34.5 Å². The van der Waals surface area contributed by atoms with Crippen LogP contribution in [0, 0.1) is 0 Å².